The fourth-order valence-corrected chi connectivity index (χ4v) is 3.05. The number of carbonyl (C=O) groups excluding carboxylic acids is 3. The van der Waals surface area contributed by atoms with Crippen molar-refractivity contribution in [2.75, 3.05) is 7.11 Å². The number of nitrogens with one attached hydrogen (secondary N) is 2. The highest BCUT2D eigenvalue weighted by atomic mass is 16.6. The predicted molar refractivity (Wildman–Crippen MR) is 132 cm³/mol. The van der Waals surface area contributed by atoms with Crippen LogP contribution in [0.15, 0.2) is 48.5 Å². The Bertz CT molecular complexity index is 1100. The Labute approximate surface area is 206 Å². The summed E-state index contributed by atoms with van der Waals surface area (Å²) >= 11 is 0. The molecule has 0 saturated carbocycles. The van der Waals surface area contributed by atoms with Crippen molar-refractivity contribution in [3.05, 3.63) is 70.8 Å². The number of aliphatic hydroxyl groups excluding tert-OH is 1. The van der Waals surface area contributed by atoms with Crippen molar-refractivity contribution >= 4 is 18.0 Å². The number of methoxy groups -OCH3 is 1. The van der Waals surface area contributed by atoms with Crippen LogP contribution in [0.1, 0.15) is 61.7 Å². The minimum Gasteiger partial charge on any atom is -0.467 e. The fourth-order valence-electron chi connectivity index (χ4n) is 3.05. The summed E-state index contributed by atoms with van der Waals surface area (Å²) in [6, 6.07) is 12.6. The van der Waals surface area contributed by atoms with Crippen molar-refractivity contribution in [3.63, 3.8) is 0 Å². The minimum absolute atomic E-state index is 0.0255. The fraction of sp³-hybridized carbons (Fsp3) is 0.370. The topological polar surface area (TPSA) is 114 Å². The quantitative estimate of drug-likeness (QED) is 0.432. The molecule has 0 aromatic heterocycles. The van der Waals surface area contributed by atoms with Gasteiger partial charge in [0.05, 0.1) is 19.3 Å². The Morgan fingerprint density at radius 3 is 1.89 bits per heavy atom. The number of ether oxygens (including phenoxy) is 2. The molecule has 2 rings (SSSR count). The average molecular weight is 481 g/mol. The minimum atomic E-state index is -1.21. The number of amides is 2. The molecule has 0 aliphatic heterocycles. The molecule has 35 heavy (non-hydrogen) atoms. The van der Waals surface area contributed by atoms with Gasteiger partial charge in [0.2, 0.25) is 0 Å². The molecule has 0 heterocycles. The molecule has 2 aromatic rings. The first-order valence-corrected chi connectivity index (χ1v) is 11.1. The van der Waals surface area contributed by atoms with Gasteiger partial charge in [-0.2, -0.15) is 0 Å². The molecule has 0 saturated heterocycles. The first-order valence-electron chi connectivity index (χ1n) is 11.1. The second-order valence-corrected chi connectivity index (χ2v) is 9.46. The summed E-state index contributed by atoms with van der Waals surface area (Å²) in [5, 5.41) is 14.4. The Kier molecular flexibility index (Phi) is 9.04. The van der Waals surface area contributed by atoms with E-state index in [2.05, 4.69) is 22.5 Å². The van der Waals surface area contributed by atoms with Crippen molar-refractivity contribution in [3.8, 4) is 11.8 Å². The molecule has 8 heteroatoms. The molecule has 0 aliphatic carbocycles. The van der Waals surface area contributed by atoms with E-state index < -0.39 is 35.2 Å². The van der Waals surface area contributed by atoms with Crippen molar-refractivity contribution in [1.82, 2.24) is 10.6 Å². The Morgan fingerprint density at radius 2 is 1.43 bits per heavy atom. The SMILES string of the molecule is COC(=O)C(NC(=O)c1ccc(C#Cc2ccc(CO)cc2)cc1)C(C)(C)NC(=O)OC(C)(C)C. The van der Waals surface area contributed by atoms with E-state index in [4.69, 9.17) is 14.6 Å². The largest absolute Gasteiger partial charge is 0.467 e. The molecular weight excluding hydrogens is 448 g/mol. The molecule has 3 N–H and O–H groups in total. The summed E-state index contributed by atoms with van der Waals surface area (Å²) in [5.41, 5.74) is 0.680. The zero-order valence-corrected chi connectivity index (χ0v) is 20.9. The van der Waals surface area contributed by atoms with E-state index in [1.54, 1.807) is 71.0 Å². The zero-order valence-electron chi connectivity index (χ0n) is 20.9. The number of benzene rings is 2. The van der Waals surface area contributed by atoms with Gasteiger partial charge in [0.1, 0.15) is 11.6 Å². The first-order chi connectivity index (χ1) is 16.3. The van der Waals surface area contributed by atoms with Crippen LogP contribution in [0.25, 0.3) is 0 Å². The maximum Gasteiger partial charge on any atom is 0.408 e. The molecule has 1 unspecified atom stereocenters. The molecule has 0 spiro atoms. The van der Waals surface area contributed by atoms with Gasteiger partial charge < -0.3 is 25.2 Å². The van der Waals surface area contributed by atoms with Crippen molar-refractivity contribution in [2.45, 2.75) is 58.4 Å². The van der Waals surface area contributed by atoms with Crippen LogP contribution in [0.5, 0.6) is 0 Å². The van der Waals surface area contributed by atoms with E-state index in [-0.39, 0.29) is 6.61 Å². The van der Waals surface area contributed by atoms with Gasteiger partial charge in [-0.05, 0) is 76.6 Å². The van der Waals surface area contributed by atoms with Gasteiger partial charge in [0.15, 0.2) is 0 Å². The third kappa shape index (κ3) is 8.47. The summed E-state index contributed by atoms with van der Waals surface area (Å²) in [4.78, 5) is 37.6. The highest BCUT2D eigenvalue weighted by Gasteiger charge is 2.39. The third-order valence-electron chi connectivity index (χ3n) is 4.89. The summed E-state index contributed by atoms with van der Waals surface area (Å²) in [7, 11) is 1.20. The Hall–Kier alpha value is -3.83. The van der Waals surface area contributed by atoms with Gasteiger partial charge in [-0.1, -0.05) is 24.0 Å². The highest BCUT2D eigenvalue weighted by Crippen LogP contribution is 2.15. The maximum absolute atomic E-state index is 12.9. The summed E-state index contributed by atoms with van der Waals surface area (Å²) in [6.07, 6.45) is -0.723. The van der Waals surface area contributed by atoms with E-state index in [9.17, 15) is 14.4 Å². The van der Waals surface area contributed by atoms with E-state index in [1.807, 2.05) is 12.1 Å². The zero-order chi connectivity index (χ0) is 26.2. The smallest absolute Gasteiger partial charge is 0.408 e. The molecule has 2 aromatic carbocycles. The van der Waals surface area contributed by atoms with Crippen LogP contribution in [0.3, 0.4) is 0 Å². The number of hydrogen-bond acceptors (Lipinski definition) is 6. The molecular formula is C27H32N2O6. The van der Waals surface area contributed by atoms with Crippen LogP contribution >= 0.6 is 0 Å². The second-order valence-electron chi connectivity index (χ2n) is 9.46. The summed E-state index contributed by atoms with van der Waals surface area (Å²) in [5.74, 6) is 4.81. The molecule has 0 fully saturated rings. The number of alkyl carbamates (subject to hydrolysis) is 1. The van der Waals surface area contributed by atoms with Gasteiger partial charge >= 0.3 is 12.1 Å². The van der Waals surface area contributed by atoms with Crippen LogP contribution in [0, 0.1) is 11.8 Å². The predicted octanol–water partition coefficient (Wildman–Crippen LogP) is 3.15. The lowest BCUT2D eigenvalue weighted by Crippen LogP contribution is -2.62. The molecule has 0 aliphatic rings. The second kappa shape index (κ2) is 11.5. The van der Waals surface area contributed by atoms with E-state index in [0.29, 0.717) is 11.1 Å². The molecule has 2 amide bonds. The van der Waals surface area contributed by atoms with Gasteiger partial charge in [0, 0.05) is 16.7 Å². The normalized spacial score (nSPS) is 12.0. The van der Waals surface area contributed by atoms with Crippen LogP contribution in [-0.4, -0.2) is 47.4 Å². The van der Waals surface area contributed by atoms with E-state index in [0.717, 1.165) is 11.1 Å². The molecule has 0 bridgehead atoms. The molecule has 186 valence electrons. The van der Waals surface area contributed by atoms with Crippen LogP contribution < -0.4 is 10.6 Å². The van der Waals surface area contributed by atoms with Crippen molar-refractivity contribution in [1.29, 1.82) is 0 Å². The van der Waals surface area contributed by atoms with E-state index >= 15 is 0 Å². The third-order valence-corrected chi connectivity index (χ3v) is 4.89. The number of carbonyl (C=O) groups is 3. The van der Waals surface area contributed by atoms with Gasteiger partial charge in [-0.25, -0.2) is 9.59 Å². The average Bonchev–Trinajstić information content (AvgIpc) is 2.79. The lowest BCUT2D eigenvalue weighted by atomic mass is 9.94. The monoisotopic (exact) mass is 480 g/mol. The number of esters is 1. The maximum atomic E-state index is 12.9. The van der Waals surface area contributed by atoms with Crippen LogP contribution in [0.4, 0.5) is 4.79 Å². The molecule has 0 radical (unpaired) electrons. The Morgan fingerprint density at radius 1 is 0.914 bits per heavy atom. The van der Waals surface area contributed by atoms with Crippen molar-refractivity contribution < 1.29 is 29.0 Å². The number of aliphatic hydroxyl groups is 1. The number of hydrogen-bond donors (Lipinski definition) is 3. The van der Waals surface area contributed by atoms with Gasteiger partial charge in [0.25, 0.3) is 5.91 Å². The molecule has 1 atom stereocenters. The van der Waals surface area contributed by atoms with Crippen LogP contribution in [0.2, 0.25) is 0 Å². The standard InChI is InChI=1S/C27H32N2O6/c1-26(2,3)35-25(33)29-27(4,5)22(24(32)34-6)28-23(31)21-15-13-19(14-16-21)8-7-18-9-11-20(17-30)12-10-18/h9-16,22,30H,17H2,1-6H3,(H,28,31)(H,29,33). The van der Waals surface area contributed by atoms with Gasteiger partial charge in [-0.3, -0.25) is 4.79 Å². The summed E-state index contributed by atoms with van der Waals surface area (Å²) in [6.45, 7) is 8.32. The lowest BCUT2D eigenvalue weighted by Gasteiger charge is -2.34. The Balaban J connectivity index is 2.13. The lowest BCUT2D eigenvalue weighted by molar-refractivity contribution is -0.144. The molecule has 8 nitrogen and oxygen atoms in total. The van der Waals surface area contributed by atoms with E-state index in [1.165, 1.54) is 7.11 Å². The first kappa shape index (κ1) is 27.4. The number of rotatable bonds is 6. The van der Waals surface area contributed by atoms with Crippen molar-refractivity contribution in [2.24, 2.45) is 0 Å². The van der Waals surface area contributed by atoms with Crippen LogP contribution in [-0.2, 0) is 20.9 Å². The summed E-state index contributed by atoms with van der Waals surface area (Å²) < 4.78 is 10.1. The van der Waals surface area contributed by atoms with Gasteiger partial charge in [-0.15, -0.1) is 0 Å². The highest BCUT2D eigenvalue weighted by molar-refractivity contribution is 5.97.